The van der Waals surface area contributed by atoms with Gasteiger partial charge in [-0.2, -0.15) is 0 Å². The zero-order valence-electron chi connectivity index (χ0n) is 11.8. The van der Waals surface area contributed by atoms with Crippen molar-refractivity contribution < 1.29 is 9.53 Å². The van der Waals surface area contributed by atoms with Gasteiger partial charge in [0.25, 0.3) is 0 Å². The van der Waals surface area contributed by atoms with Crippen LogP contribution in [0.5, 0.6) is 5.75 Å². The van der Waals surface area contributed by atoms with Gasteiger partial charge >= 0.3 is 0 Å². The van der Waals surface area contributed by atoms with Crippen molar-refractivity contribution in [3.63, 3.8) is 0 Å². The maximum atomic E-state index is 11.8. The number of ether oxygens (including phenoxy) is 1. The molecule has 1 N–H and O–H groups in total. The Kier molecular flexibility index (Phi) is 5.11. The molecular formula is C16H15BrN2O2. The Bertz CT molecular complexity index is 684. The largest absolute Gasteiger partial charge is 0.496 e. The van der Waals surface area contributed by atoms with Crippen LogP contribution in [-0.4, -0.2) is 18.0 Å². The average Bonchev–Trinajstić information content (AvgIpc) is 2.45. The molecule has 0 aliphatic heterocycles. The summed E-state index contributed by atoms with van der Waals surface area (Å²) in [6.07, 6.45) is 4.86. The van der Waals surface area contributed by atoms with E-state index in [1.165, 1.54) is 6.08 Å². The molecular weight excluding hydrogens is 332 g/mol. The fourth-order valence-electron chi connectivity index (χ4n) is 1.73. The first kappa shape index (κ1) is 15.3. The van der Waals surface area contributed by atoms with E-state index in [-0.39, 0.29) is 5.91 Å². The number of hydrogen-bond acceptors (Lipinski definition) is 3. The average molecular weight is 347 g/mol. The van der Waals surface area contributed by atoms with Crippen molar-refractivity contribution >= 4 is 33.7 Å². The molecule has 0 radical (unpaired) electrons. The monoisotopic (exact) mass is 346 g/mol. The molecule has 1 aromatic carbocycles. The first-order valence-electron chi connectivity index (χ1n) is 6.34. The third-order valence-corrected chi connectivity index (χ3v) is 3.39. The highest BCUT2D eigenvalue weighted by Crippen LogP contribution is 2.25. The molecule has 108 valence electrons. The quantitative estimate of drug-likeness (QED) is 0.856. The molecule has 2 rings (SSSR count). The number of aromatic nitrogens is 1. The Morgan fingerprint density at radius 1 is 1.33 bits per heavy atom. The number of hydrogen-bond donors (Lipinski definition) is 1. The van der Waals surface area contributed by atoms with E-state index < -0.39 is 0 Å². The van der Waals surface area contributed by atoms with Crippen LogP contribution < -0.4 is 10.1 Å². The number of methoxy groups -OCH3 is 1. The van der Waals surface area contributed by atoms with Gasteiger partial charge in [-0.05, 0) is 64.3 Å². The Morgan fingerprint density at radius 2 is 2.14 bits per heavy atom. The van der Waals surface area contributed by atoms with Crippen LogP contribution in [0, 0.1) is 6.92 Å². The summed E-state index contributed by atoms with van der Waals surface area (Å²) in [7, 11) is 1.61. The van der Waals surface area contributed by atoms with Gasteiger partial charge in [0.05, 0.1) is 11.6 Å². The van der Waals surface area contributed by atoms with Crippen molar-refractivity contribution in [3.05, 3.63) is 58.2 Å². The van der Waals surface area contributed by atoms with Crippen molar-refractivity contribution in [2.75, 3.05) is 12.4 Å². The van der Waals surface area contributed by atoms with Crippen molar-refractivity contribution in [3.8, 4) is 5.75 Å². The Balaban J connectivity index is 2.03. The predicted octanol–water partition coefficient (Wildman–Crippen LogP) is 3.81. The van der Waals surface area contributed by atoms with Gasteiger partial charge in [0.1, 0.15) is 11.6 Å². The summed E-state index contributed by atoms with van der Waals surface area (Å²) >= 11 is 3.41. The van der Waals surface area contributed by atoms with Gasteiger partial charge in [-0.25, -0.2) is 4.98 Å². The summed E-state index contributed by atoms with van der Waals surface area (Å²) in [4.78, 5) is 15.9. The number of benzene rings is 1. The first-order valence-corrected chi connectivity index (χ1v) is 7.13. The van der Waals surface area contributed by atoms with Crippen LogP contribution in [0.15, 0.2) is 47.1 Å². The number of anilines is 1. The molecule has 5 heteroatoms. The van der Waals surface area contributed by atoms with Crippen molar-refractivity contribution in [1.29, 1.82) is 0 Å². The summed E-state index contributed by atoms with van der Waals surface area (Å²) in [6.45, 7) is 1.95. The van der Waals surface area contributed by atoms with Gasteiger partial charge in [-0.15, -0.1) is 0 Å². The maximum absolute atomic E-state index is 11.8. The number of rotatable bonds is 4. The molecule has 1 amide bonds. The van der Waals surface area contributed by atoms with E-state index in [0.717, 1.165) is 21.3 Å². The van der Waals surface area contributed by atoms with Gasteiger partial charge in [0, 0.05) is 12.3 Å². The molecule has 0 bridgehead atoms. The second-order valence-corrected chi connectivity index (χ2v) is 5.29. The first-order chi connectivity index (χ1) is 10.1. The van der Waals surface area contributed by atoms with Crippen molar-refractivity contribution in [2.45, 2.75) is 6.92 Å². The number of carbonyl (C=O) groups excluding carboxylic acids is 1. The lowest BCUT2D eigenvalue weighted by Gasteiger charge is -2.04. The Hall–Kier alpha value is -2.14. The van der Waals surface area contributed by atoms with Crippen LogP contribution in [0.3, 0.4) is 0 Å². The molecule has 0 aliphatic rings. The van der Waals surface area contributed by atoms with Crippen LogP contribution in [0.1, 0.15) is 11.1 Å². The Labute approximate surface area is 132 Å². The van der Waals surface area contributed by atoms with Gasteiger partial charge < -0.3 is 10.1 Å². The van der Waals surface area contributed by atoms with Gasteiger partial charge in [-0.1, -0.05) is 6.07 Å². The molecule has 1 aromatic heterocycles. The SMILES string of the molecule is COc1ccc(C=CC(=O)Nc2cc(C)ccn2)cc1Br. The number of nitrogens with zero attached hydrogens (tertiary/aromatic N) is 1. The summed E-state index contributed by atoms with van der Waals surface area (Å²) in [5.41, 5.74) is 1.94. The molecule has 1 heterocycles. The molecule has 0 saturated carbocycles. The van der Waals surface area contributed by atoms with Crippen molar-refractivity contribution in [1.82, 2.24) is 4.98 Å². The second-order valence-electron chi connectivity index (χ2n) is 4.43. The minimum atomic E-state index is -0.222. The number of halogens is 1. The fourth-order valence-corrected chi connectivity index (χ4v) is 2.29. The number of aryl methyl sites for hydroxylation is 1. The van der Waals surface area contributed by atoms with Crippen molar-refractivity contribution in [2.24, 2.45) is 0 Å². The third-order valence-electron chi connectivity index (χ3n) is 2.77. The number of pyridine rings is 1. The minimum absolute atomic E-state index is 0.222. The second kappa shape index (κ2) is 7.04. The van der Waals surface area contributed by atoms with Crippen LogP contribution in [0.2, 0.25) is 0 Å². The zero-order chi connectivity index (χ0) is 15.2. The van der Waals surface area contributed by atoms with E-state index in [4.69, 9.17) is 4.74 Å². The normalized spacial score (nSPS) is 10.6. The lowest BCUT2D eigenvalue weighted by Crippen LogP contribution is -2.09. The van der Waals surface area contributed by atoms with E-state index in [1.807, 2.05) is 37.3 Å². The molecule has 0 saturated heterocycles. The lowest BCUT2D eigenvalue weighted by molar-refractivity contribution is -0.111. The number of nitrogens with one attached hydrogen (secondary N) is 1. The third kappa shape index (κ3) is 4.43. The van der Waals surface area contributed by atoms with Crippen LogP contribution >= 0.6 is 15.9 Å². The van der Waals surface area contributed by atoms with Crippen LogP contribution in [0.25, 0.3) is 6.08 Å². The lowest BCUT2D eigenvalue weighted by atomic mass is 10.2. The molecule has 0 atom stereocenters. The number of amides is 1. The van der Waals surface area contributed by atoms with Crippen LogP contribution in [0.4, 0.5) is 5.82 Å². The van der Waals surface area contributed by atoms with E-state index >= 15 is 0 Å². The molecule has 0 fully saturated rings. The van der Waals surface area contributed by atoms with E-state index in [0.29, 0.717) is 5.82 Å². The summed E-state index contributed by atoms with van der Waals surface area (Å²) in [5.74, 6) is 1.07. The molecule has 4 nitrogen and oxygen atoms in total. The molecule has 0 aliphatic carbocycles. The van der Waals surface area contributed by atoms with E-state index in [9.17, 15) is 4.79 Å². The summed E-state index contributed by atoms with van der Waals surface area (Å²) in [6, 6.07) is 9.28. The minimum Gasteiger partial charge on any atom is -0.496 e. The molecule has 2 aromatic rings. The molecule has 0 unspecified atom stereocenters. The summed E-state index contributed by atoms with van der Waals surface area (Å²) in [5, 5.41) is 2.72. The summed E-state index contributed by atoms with van der Waals surface area (Å²) < 4.78 is 6.00. The highest BCUT2D eigenvalue weighted by Gasteiger charge is 2.01. The topological polar surface area (TPSA) is 51.2 Å². The number of carbonyl (C=O) groups is 1. The molecule has 0 spiro atoms. The van der Waals surface area contributed by atoms with Crippen LogP contribution in [-0.2, 0) is 4.79 Å². The van der Waals surface area contributed by atoms with Gasteiger partial charge in [0.15, 0.2) is 0 Å². The standard InChI is InChI=1S/C16H15BrN2O2/c1-11-7-8-18-15(9-11)19-16(20)6-4-12-3-5-14(21-2)13(17)10-12/h3-10H,1-2H3,(H,18,19,20). The zero-order valence-corrected chi connectivity index (χ0v) is 13.3. The highest BCUT2D eigenvalue weighted by molar-refractivity contribution is 9.10. The highest BCUT2D eigenvalue weighted by atomic mass is 79.9. The predicted molar refractivity (Wildman–Crippen MR) is 87.3 cm³/mol. The maximum Gasteiger partial charge on any atom is 0.249 e. The smallest absolute Gasteiger partial charge is 0.249 e. The molecule has 21 heavy (non-hydrogen) atoms. The van der Waals surface area contributed by atoms with E-state index in [2.05, 4.69) is 26.2 Å². The fraction of sp³-hybridized carbons (Fsp3) is 0.125. The van der Waals surface area contributed by atoms with Gasteiger partial charge in [0.2, 0.25) is 5.91 Å². The van der Waals surface area contributed by atoms with E-state index in [1.54, 1.807) is 19.4 Å². The van der Waals surface area contributed by atoms with Gasteiger partial charge in [-0.3, -0.25) is 4.79 Å². The Morgan fingerprint density at radius 3 is 2.81 bits per heavy atom.